The highest BCUT2D eigenvalue weighted by Gasteiger charge is 2.31. The minimum absolute atomic E-state index is 0.0663. The number of carbonyl (C=O) groups is 2. The quantitative estimate of drug-likeness (QED) is 0.148. The van der Waals surface area contributed by atoms with Crippen LogP contribution in [0, 0.1) is 12.8 Å². The predicted octanol–water partition coefficient (Wildman–Crippen LogP) is 7.44. The molecule has 0 aliphatic rings. The fourth-order valence-corrected chi connectivity index (χ4v) is 5.89. The molecular weight excluding hydrogens is 589 g/mol. The van der Waals surface area contributed by atoms with E-state index < -0.39 is 18.4 Å². The molecule has 10 heteroatoms. The summed E-state index contributed by atoms with van der Waals surface area (Å²) in [4.78, 5) is 32.6. The minimum atomic E-state index is -4.77. The number of aryl methyl sites for hydroxylation is 2. The number of nitrogens with zero attached hydrogens (tertiary/aromatic N) is 2. The van der Waals surface area contributed by atoms with E-state index in [9.17, 15) is 27.9 Å². The maximum Gasteiger partial charge on any atom is 0.573 e. The number of thiazole rings is 1. The Hall–Kier alpha value is -4.02. The smallest absolute Gasteiger partial charge is 0.406 e. The molecule has 0 saturated heterocycles. The first kappa shape index (κ1) is 32.9. The van der Waals surface area contributed by atoms with Gasteiger partial charge in [0.25, 0.3) is 5.91 Å². The summed E-state index contributed by atoms with van der Waals surface area (Å²) in [7, 11) is 1.69. The lowest BCUT2D eigenvalue weighted by atomic mass is 9.85. The van der Waals surface area contributed by atoms with E-state index in [1.807, 2.05) is 42.6 Å². The lowest BCUT2D eigenvalue weighted by molar-refractivity contribution is -0.274. The number of aromatic nitrogens is 1. The zero-order chi connectivity index (χ0) is 31.7. The first-order chi connectivity index (χ1) is 21.0. The van der Waals surface area contributed by atoms with Crippen LogP contribution >= 0.6 is 11.3 Å². The lowest BCUT2D eigenvalue weighted by Gasteiger charge is -2.23. The van der Waals surface area contributed by atoms with Crippen molar-refractivity contribution < 1.29 is 32.6 Å². The maximum atomic E-state index is 13.5. The van der Waals surface area contributed by atoms with Gasteiger partial charge in [0, 0.05) is 35.7 Å². The lowest BCUT2D eigenvalue weighted by Crippen LogP contribution is -2.27. The average Bonchev–Trinajstić information content (AvgIpc) is 3.40. The Morgan fingerprint density at radius 3 is 2.39 bits per heavy atom. The number of carbonyl (C=O) groups excluding carboxylic acids is 2. The molecule has 0 aliphatic carbocycles. The molecule has 232 valence electrons. The molecule has 6 nitrogen and oxygen atoms in total. The number of rotatable bonds is 14. The predicted molar refractivity (Wildman–Crippen MR) is 164 cm³/mol. The van der Waals surface area contributed by atoms with Crippen molar-refractivity contribution in [3.05, 3.63) is 117 Å². The molecule has 1 amide bonds. The van der Waals surface area contributed by atoms with Crippen LogP contribution < -0.4 is 4.74 Å². The van der Waals surface area contributed by atoms with Gasteiger partial charge in [0.1, 0.15) is 10.8 Å². The van der Waals surface area contributed by atoms with Crippen molar-refractivity contribution >= 4 is 23.0 Å². The van der Waals surface area contributed by atoms with Crippen LogP contribution in [0.15, 0.2) is 84.2 Å². The molecule has 1 aromatic heterocycles. The van der Waals surface area contributed by atoms with Crippen molar-refractivity contribution in [3.63, 3.8) is 0 Å². The maximum absolute atomic E-state index is 13.5. The number of aliphatic hydroxyl groups is 1. The van der Waals surface area contributed by atoms with Crippen LogP contribution in [-0.2, 0) is 19.4 Å². The van der Waals surface area contributed by atoms with Crippen LogP contribution in [0.25, 0.3) is 0 Å². The van der Waals surface area contributed by atoms with Gasteiger partial charge in [-0.25, -0.2) is 4.98 Å². The van der Waals surface area contributed by atoms with Gasteiger partial charge in [-0.3, -0.25) is 9.59 Å². The van der Waals surface area contributed by atoms with Crippen LogP contribution in [0.5, 0.6) is 5.75 Å². The van der Waals surface area contributed by atoms with E-state index in [-0.39, 0.29) is 23.9 Å². The first-order valence-electron chi connectivity index (χ1n) is 14.3. The second-order valence-corrected chi connectivity index (χ2v) is 11.8. The molecule has 0 radical (unpaired) electrons. The van der Waals surface area contributed by atoms with Crippen molar-refractivity contribution in [1.82, 2.24) is 9.88 Å². The van der Waals surface area contributed by atoms with E-state index in [2.05, 4.69) is 9.72 Å². The monoisotopic (exact) mass is 624 g/mol. The summed E-state index contributed by atoms with van der Waals surface area (Å²) in [5, 5.41) is 14.0. The summed E-state index contributed by atoms with van der Waals surface area (Å²) >= 11 is 1.49. The van der Waals surface area contributed by atoms with Crippen LogP contribution in [0.1, 0.15) is 61.8 Å². The van der Waals surface area contributed by atoms with Crippen molar-refractivity contribution in [2.45, 2.75) is 58.0 Å². The minimum Gasteiger partial charge on any atom is -0.406 e. The van der Waals surface area contributed by atoms with Crippen molar-refractivity contribution in [1.29, 1.82) is 0 Å². The van der Waals surface area contributed by atoms with Gasteiger partial charge in [0.2, 0.25) is 0 Å². The number of benzene rings is 3. The number of hydrogen-bond donors (Lipinski definition) is 1. The van der Waals surface area contributed by atoms with Gasteiger partial charge in [-0.1, -0.05) is 54.6 Å². The molecule has 0 fully saturated rings. The highest BCUT2D eigenvalue weighted by atomic mass is 32.1. The second kappa shape index (κ2) is 15.1. The number of hydrogen-bond acceptors (Lipinski definition) is 6. The summed E-state index contributed by atoms with van der Waals surface area (Å²) in [6, 6.07) is 22.0. The Kier molecular flexibility index (Phi) is 11.3. The van der Waals surface area contributed by atoms with Crippen molar-refractivity contribution in [3.8, 4) is 5.75 Å². The molecule has 2 atom stereocenters. The van der Waals surface area contributed by atoms with Crippen molar-refractivity contribution in [2.75, 3.05) is 7.05 Å². The molecule has 1 N–H and O–H groups in total. The van der Waals surface area contributed by atoms with Gasteiger partial charge < -0.3 is 14.7 Å². The zero-order valence-corrected chi connectivity index (χ0v) is 25.4. The van der Waals surface area contributed by atoms with E-state index in [0.717, 1.165) is 16.3 Å². The molecule has 4 aromatic rings. The van der Waals surface area contributed by atoms with Crippen LogP contribution in [0.2, 0.25) is 0 Å². The third-order valence-electron chi connectivity index (χ3n) is 7.25. The molecule has 0 aliphatic heterocycles. The van der Waals surface area contributed by atoms with E-state index in [0.29, 0.717) is 48.9 Å². The number of Topliss-reactive ketones (excluding diaryl/α,β-unsaturated/α-hetero) is 1. The Morgan fingerprint density at radius 2 is 1.68 bits per heavy atom. The molecule has 3 aromatic carbocycles. The van der Waals surface area contributed by atoms with Gasteiger partial charge in [0.15, 0.2) is 5.78 Å². The summed E-state index contributed by atoms with van der Waals surface area (Å²) in [6.07, 6.45) is -3.76. The SMILES string of the molecule is Cc1csc(CN(C)C(=O)c2cccc(C(=O)C[C@@H](Cc3ccccc3)[C@H](O)CCCc3cccc(OC(F)(F)F)c3)c2)n1. The van der Waals surface area contributed by atoms with Gasteiger partial charge in [-0.05, 0) is 73.9 Å². The van der Waals surface area contributed by atoms with Gasteiger partial charge in [-0.2, -0.15) is 0 Å². The molecule has 44 heavy (non-hydrogen) atoms. The third-order valence-corrected chi connectivity index (χ3v) is 8.20. The highest BCUT2D eigenvalue weighted by Crippen LogP contribution is 2.26. The third kappa shape index (κ3) is 10.0. The van der Waals surface area contributed by atoms with Crippen LogP contribution in [-0.4, -0.2) is 46.2 Å². The van der Waals surface area contributed by atoms with Gasteiger partial charge >= 0.3 is 6.36 Å². The zero-order valence-electron chi connectivity index (χ0n) is 24.6. The molecule has 1 heterocycles. The van der Waals surface area contributed by atoms with Crippen molar-refractivity contribution in [2.24, 2.45) is 5.92 Å². The van der Waals surface area contributed by atoms with E-state index in [1.54, 1.807) is 42.3 Å². The number of ketones is 1. The second-order valence-electron chi connectivity index (χ2n) is 10.9. The molecule has 0 spiro atoms. The Labute approximate surface area is 259 Å². The molecule has 4 rings (SSSR count). The first-order valence-corrected chi connectivity index (χ1v) is 15.2. The number of amides is 1. The topological polar surface area (TPSA) is 79.7 Å². The highest BCUT2D eigenvalue weighted by molar-refractivity contribution is 7.09. The number of ether oxygens (including phenoxy) is 1. The normalized spacial score (nSPS) is 12.9. The van der Waals surface area contributed by atoms with Crippen LogP contribution in [0.3, 0.4) is 0 Å². The van der Waals surface area contributed by atoms with E-state index >= 15 is 0 Å². The summed E-state index contributed by atoms with van der Waals surface area (Å²) < 4.78 is 41.8. The Balaban J connectivity index is 1.41. The Morgan fingerprint density at radius 1 is 0.977 bits per heavy atom. The summed E-state index contributed by atoms with van der Waals surface area (Å²) in [5.41, 5.74) is 3.32. The van der Waals surface area contributed by atoms with Gasteiger partial charge in [0.05, 0.1) is 12.6 Å². The molecule has 0 unspecified atom stereocenters. The van der Waals surface area contributed by atoms with Crippen LogP contribution in [0.4, 0.5) is 13.2 Å². The largest absolute Gasteiger partial charge is 0.573 e. The summed E-state index contributed by atoms with van der Waals surface area (Å²) in [5.74, 6) is -1.10. The summed E-state index contributed by atoms with van der Waals surface area (Å²) in [6.45, 7) is 2.26. The number of halogens is 3. The molecular formula is C34H35F3N2O4S. The number of alkyl halides is 3. The molecule has 0 saturated carbocycles. The van der Waals surface area contributed by atoms with Gasteiger partial charge in [-0.15, -0.1) is 24.5 Å². The average molecular weight is 625 g/mol. The molecule has 0 bridgehead atoms. The Bertz CT molecular complexity index is 1540. The number of aliphatic hydroxyl groups excluding tert-OH is 1. The fraction of sp³-hybridized carbons (Fsp3) is 0.324. The standard InChI is InChI=1S/C34H35F3N2O4S/c1-23-22-44-32(38-23)21-39(2)33(42)27-14-8-13-26(19-27)31(41)20-28(17-24-9-4-3-5-10-24)30(40)16-7-12-25-11-6-15-29(18-25)43-34(35,36)37/h3-6,8-11,13-15,18-19,22,28,30,40H,7,12,16-17,20-21H2,1-2H3/t28-,30-/m1/s1. The van der Waals surface area contributed by atoms with E-state index in [1.165, 1.54) is 29.5 Å². The fourth-order valence-electron chi connectivity index (χ4n) is 5.06. The van der Waals surface area contributed by atoms with E-state index in [4.69, 9.17) is 0 Å².